The highest BCUT2D eigenvalue weighted by molar-refractivity contribution is 5.78. The minimum Gasteiger partial charge on any atom is -0.497 e. The maximum Gasteiger partial charge on any atom is 0.224 e. The first kappa shape index (κ1) is 14.5. The zero-order valence-corrected chi connectivity index (χ0v) is 11.5. The molecule has 18 heavy (non-hydrogen) atoms. The number of rotatable bonds is 6. The van der Waals surface area contributed by atoms with Crippen LogP contribution in [0.25, 0.3) is 0 Å². The molecule has 0 aliphatic rings. The van der Waals surface area contributed by atoms with Gasteiger partial charge < -0.3 is 15.4 Å². The van der Waals surface area contributed by atoms with Crippen LogP contribution in [0.2, 0.25) is 0 Å². The Kier molecular flexibility index (Phi) is 5.65. The second-order valence-electron chi connectivity index (χ2n) is 4.47. The lowest BCUT2D eigenvalue weighted by molar-refractivity contribution is -0.125. The van der Waals surface area contributed by atoms with E-state index in [-0.39, 0.29) is 17.9 Å². The Morgan fingerprint density at radius 3 is 2.72 bits per heavy atom. The van der Waals surface area contributed by atoms with Crippen molar-refractivity contribution in [2.75, 3.05) is 20.7 Å². The van der Waals surface area contributed by atoms with Crippen molar-refractivity contribution in [2.24, 2.45) is 5.92 Å². The number of carbonyl (C=O) groups excluding carboxylic acids is 1. The monoisotopic (exact) mass is 250 g/mol. The molecular weight excluding hydrogens is 228 g/mol. The standard InChI is InChI=1S/C14H22N2O2/c1-10(9-15-3)14(17)16-11(2)12-6-5-7-13(8-12)18-4/h5-8,10-11,15H,9H2,1-4H3,(H,16,17)/t10?,11-/m0/s1. The lowest BCUT2D eigenvalue weighted by atomic mass is 10.1. The molecule has 0 heterocycles. The Bertz CT molecular complexity index is 393. The maximum absolute atomic E-state index is 11.9. The van der Waals surface area contributed by atoms with E-state index in [0.717, 1.165) is 11.3 Å². The molecule has 0 aliphatic carbocycles. The fraction of sp³-hybridized carbons (Fsp3) is 0.500. The first-order chi connectivity index (χ1) is 8.58. The summed E-state index contributed by atoms with van der Waals surface area (Å²) in [5.74, 6) is 0.819. The number of benzene rings is 1. The highest BCUT2D eigenvalue weighted by atomic mass is 16.5. The average Bonchev–Trinajstić information content (AvgIpc) is 2.39. The van der Waals surface area contributed by atoms with Crippen LogP contribution in [-0.2, 0) is 4.79 Å². The van der Waals surface area contributed by atoms with E-state index in [2.05, 4.69) is 10.6 Å². The first-order valence-corrected chi connectivity index (χ1v) is 6.17. The average molecular weight is 250 g/mol. The predicted molar refractivity (Wildman–Crippen MR) is 72.6 cm³/mol. The number of methoxy groups -OCH3 is 1. The summed E-state index contributed by atoms with van der Waals surface area (Å²) in [6.07, 6.45) is 0. The summed E-state index contributed by atoms with van der Waals surface area (Å²) in [7, 11) is 3.48. The molecule has 0 spiro atoms. The van der Waals surface area contributed by atoms with E-state index in [9.17, 15) is 4.79 Å². The van der Waals surface area contributed by atoms with Gasteiger partial charge >= 0.3 is 0 Å². The van der Waals surface area contributed by atoms with E-state index in [1.165, 1.54) is 0 Å². The van der Waals surface area contributed by atoms with Gasteiger partial charge in [0.05, 0.1) is 13.2 Å². The van der Waals surface area contributed by atoms with Crippen LogP contribution < -0.4 is 15.4 Å². The molecule has 1 aromatic carbocycles. The predicted octanol–water partition coefficient (Wildman–Crippen LogP) is 1.73. The van der Waals surface area contributed by atoms with Crippen LogP contribution in [0.4, 0.5) is 0 Å². The highest BCUT2D eigenvalue weighted by Crippen LogP contribution is 2.18. The quantitative estimate of drug-likeness (QED) is 0.808. The zero-order valence-electron chi connectivity index (χ0n) is 11.5. The van der Waals surface area contributed by atoms with Crippen LogP contribution in [-0.4, -0.2) is 26.6 Å². The van der Waals surface area contributed by atoms with E-state index in [0.29, 0.717) is 6.54 Å². The van der Waals surface area contributed by atoms with Gasteiger partial charge in [0, 0.05) is 12.5 Å². The van der Waals surface area contributed by atoms with Crippen molar-refractivity contribution in [1.29, 1.82) is 0 Å². The van der Waals surface area contributed by atoms with Crippen molar-refractivity contribution in [2.45, 2.75) is 19.9 Å². The summed E-state index contributed by atoms with van der Waals surface area (Å²) < 4.78 is 5.17. The van der Waals surface area contributed by atoms with Gasteiger partial charge in [0.1, 0.15) is 5.75 Å². The van der Waals surface area contributed by atoms with Crippen molar-refractivity contribution in [3.63, 3.8) is 0 Å². The third-order valence-electron chi connectivity index (χ3n) is 2.91. The fourth-order valence-electron chi connectivity index (χ4n) is 1.75. The molecule has 0 aliphatic heterocycles. The van der Waals surface area contributed by atoms with Crippen LogP contribution >= 0.6 is 0 Å². The molecule has 1 rings (SSSR count). The second-order valence-corrected chi connectivity index (χ2v) is 4.47. The minimum absolute atomic E-state index is 0.0214. The van der Waals surface area contributed by atoms with Gasteiger partial charge in [-0.2, -0.15) is 0 Å². The summed E-state index contributed by atoms with van der Waals surface area (Å²) in [5.41, 5.74) is 1.04. The Labute approximate surface area is 109 Å². The molecule has 0 fully saturated rings. The molecule has 4 nitrogen and oxygen atoms in total. The Morgan fingerprint density at radius 1 is 1.39 bits per heavy atom. The van der Waals surface area contributed by atoms with Crippen LogP contribution in [0.5, 0.6) is 5.75 Å². The van der Waals surface area contributed by atoms with E-state index in [1.807, 2.05) is 45.2 Å². The van der Waals surface area contributed by atoms with Gasteiger partial charge in [-0.05, 0) is 31.7 Å². The summed E-state index contributed by atoms with van der Waals surface area (Å²) in [4.78, 5) is 11.9. The van der Waals surface area contributed by atoms with Gasteiger partial charge in [0.25, 0.3) is 0 Å². The van der Waals surface area contributed by atoms with Crippen molar-refractivity contribution in [1.82, 2.24) is 10.6 Å². The molecule has 0 aromatic heterocycles. The van der Waals surface area contributed by atoms with Crippen LogP contribution in [0, 0.1) is 5.92 Å². The SMILES string of the molecule is CNCC(C)C(=O)N[C@@H](C)c1cccc(OC)c1. The molecule has 100 valence electrons. The van der Waals surface area contributed by atoms with E-state index < -0.39 is 0 Å². The first-order valence-electron chi connectivity index (χ1n) is 6.17. The number of hydrogen-bond donors (Lipinski definition) is 2. The second kappa shape index (κ2) is 7.01. The van der Waals surface area contributed by atoms with Crippen molar-refractivity contribution < 1.29 is 9.53 Å². The number of carbonyl (C=O) groups is 1. The van der Waals surface area contributed by atoms with E-state index in [1.54, 1.807) is 7.11 Å². The van der Waals surface area contributed by atoms with Crippen LogP contribution in [0.3, 0.4) is 0 Å². The topological polar surface area (TPSA) is 50.4 Å². The number of nitrogens with one attached hydrogen (secondary N) is 2. The van der Waals surface area contributed by atoms with Crippen molar-refractivity contribution in [3.8, 4) is 5.75 Å². The summed E-state index contributed by atoms with van der Waals surface area (Å²) in [6, 6.07) is 7.71. The number of ether oxygens (including phenoxy) is 1. The van der Waals surface area contributed by atoms with Gasteiger partial charge in [-0.25, -0.2) is 0 Å². The van der Waals surface area contributed by atoms with Gasteiger partial charge in [0.2, 0.25) is 5.91 Å². The highest BCUT2D eigenvalue weighted by Gasteiger charge is 2.15. The molecular formula is C14H22N2O2. The van der Waals surface area contributed by atoms with Gasteiger partial charge in [-0.1, -0.05) is 19.1 Å². The molecule has 0 radical (unpaired) electrons. The third-order valence-corrected chi connectivity index (χ3v) is 2.91. The Balaban J connectivity index is 2.64. The van der Waals surface area contributed by atoms with E-state index in [4.69, 9.17) is 4.74 Å². The molecule has 0 bridgehead atoms. The molecule has 0 saturated carbocycles. The normalized spacial score (nSPS) is 13.8. The van der Waals surface area contributed by atoms with E-state index >= 15 is 0 Å². The molecule has 2 atom stereocenters. The van der Waals surface area contributed by atoms with Crippen LogP contribution in [0.15, 0.2) is 24.3 Å². The number of amides is 1. The minimum atomic E-state index is -0.0388. The molecule has 4 heteroatoms. The molecule has 1 aromatic rings. The Morgan fingerprint density at radius 2 is 2.11 bits per heavy atom. The zero-order chi connectivity index (χ0) is 13.5. The molecule has 1 amide bonds. The van der Waals surface area contributed by atoms with Gasteiger partial charge in [-0.3, -0.25) is 4.79 Å². The summed E-state index contributed by atoms with van der Waals surface area (Å²) in [5, 5.41) is 6.00. The van der Waals surface area contributed by atoms with Crippen molar-refractivity contribution >= 4 is 5.91 Å². The lowest BCUT2D eigenvalue weighted by Gasteiger charge is -2.18. The fourth-order valence-corrected chi connectivity index (χ4v) is 1.75. The van der Waals surface area contributed by atoms with Crippen LogP contribution in [0.1, 0.15) is 25.5 Å². The summed E-state index contributed by atoms with van der Waals surface area (Å²) in [6.45, 7) is 4.56. The molecule has 0 saturated heterocycles. The van der Waals surface area contributed by atoms with Gasteiger partial charge in [-0.15, -0.1) is 0 Å². The number of hydrogen-bond acceptors (Lipinski definition) is 3. The Hall–Kier alpha value is -1.55. The maximum atomic E-state index is 11.9. The largest absolute Gasteiger partial charge is 0.497 e. The summed E-state index contributed by atoms with van der Waals surface area (Å²) >= 11 is 0. The smallest absolute Gasteiger partial charge is 0.224 e. The third kappa shape index (κ3) is 4.04. The lowest BCUT2D eigenvalue weighted by Crippen LogP contribution is -2.35. The van der Waals surface area contributed by atoms with Crippen molar-refractivity contribution in [3.05, 3.63) is 29.8 Å². The molecule has 1 unspecified atom stereocenters. The van der Waals surface area contributed by atoms with Gasteiger partial charge in [0.15, 0.2) is 0 Å². The molecule has 2 N–H and O–H groups in total.